The second-order valence-corrected chi connectivity index (χ2v) is 2.48. The van der Waals surface area contributed by atoms with Crippen molar-refractivity contribution in [3.8, 4) is 0 Å². The number of ether oxygens (including phenoxy) is 1. The summed E-state index contributed by atoms with van der Waals surface area (Å²) in [6.07, 6.45) is -0.450. The van der Waals surface area contributed by atoms with E-state index in [9.17, 15) is 4.79 Å². The number of nitrogens with zero attached hydrogens (tertiary/aromatic N) is 2. The maximum atomic E-state index is 10.7. The summed E-state index contributed by atoms with van der Waals surface area (Å²) in [5.41, 5.74) is 1.32. The van der Waals surface area contributed by atoms with Gasteiger partial charge in [0.05, 0.1) is 11.4 Å². The first kappa shape index (κ1) is 8.86. The van der Waals surface area contributed by atoms with Gasteiger partial charge < -0.3 is 10.1 Å². The van der Waals surface area contributed by atoms with Crippen molar-refractivity contribution >= 4 is 5.91 Å². The molecule has 5 heteroatoms. The van der Waals surface area contributed by atoms with Crippen LogP contribution in [-0.4, -0.2) is 19.2 Å². The second kappa shape index (κ2) is 3.44. The third-order valence-corrected chi connectivity index (χ3v) is 1.48. The van der Waals surface area contributed by atoms with Crippen LogP contribution >= 0.6 is 0 Å². The van der Waals surface area contributed by atoms with Gasteiger partial charge >= 0.3 is 0 Å². The molecule has 12 heavy (non-hydrogen) atoms. The number of carbonyl (C=O) groups excluding carboxylic acids is 1. The second-order valence-electron chi connectivity index (χ2n) is 2.48. The third-order valence-electron chi connectivity index (χ3n) is 1.48. The lowest BCUT2D eigenvalue weighted by molar-refractivity contribution is -0.118. The summed E-state index contributed by atoms with van der Waals surface area (Å²) < 4.78 is 4.96. The number of hydrogen-bond acceptors (Lipinski definition) is 4. The number of allylic oxidation sites excluding steroid dienone is 1. The molecule has 1 atom stereocenters. The normalized spacial score (nSPS) is 21.8. The molecule has 1 aliphatic heterocycles. The van der Waals surface area contributed by atoms with Crippen LogP contribution in [0.5, 0.6) is 0 Å². The first-order chi connectivity index (χ1) is 5.65. The highest BCUT2D eigenvalue weighted by atomic mass is 16.5. The molecule has 0 saturated heterocycles. The highest BCUT2D eigenvalue weighted by Gasteiger charge is 2.21. The van der Waals surface area contributed by atoms with E-state index in [4.69, 9.17) is 4.74 Å². The molecule has 5 nitrogen and oxygen atoms in total. The summed E-state index contributed by atoms with van der Waals surface area (Å²) in [5.74, 6) is -0.140. The Kier molecular flexibility index (Phi) is 2.54. The molecule has 0 spiro atoms. The SMILES string of the molecule is COC1N=NC(C)=C1NC(C)=O. The Balaban J connectivity index is 2.73. The van der Waals surface area contributed by atoms with Crippen molar-refractivity contribution in [3.63, 3.8) is 0 Å². The van der Waals surface area contributed by atoms with Gasteiger partial charge in [-0.15, -0.1) is 5.11 Å². The smallest absolute Gasteiger partial charge is 0.221 e. The molecule has 1 N–H and O–H groups in total. The van der Waals surface area contributed by atoms with Crippen LogP contribution in [0.1, 0.15) is 13.8 Å². The Bertz CT molecular complexity index is 257. The van der Waals surface area contributed by atoms with Crippen LogP contribution in [0.25, 0.3) is 0 Å². The molecule has 1 amide bonds. The predicted molar refractivity (Wildman–Crippen MR) is 42.2 cm³/mol. The highest BCUT2D eigenvalue weighted by Crippen LogP contribution is 2.19. The molecule has 1 unspecified atom stereocenters. The number of nitrogens with one attached hydrogen (secondary N) is 1. The van der Waals surface area contributed by atoms with Crippen molar-refractivity contribution in [3.05, 3.63) is 11.4 Å². The summed E-state index contributed by atoms with van der Waals surface area (Å²) in [6, 6.07) is 0. The van der Waals surface area contributed by atoms with Gasteiger partial charge in [-0.2, -0.15) is 5.11 Å². The molecule has 0 aromatic heterocycles. The summed E-state index contributed by atoms with van der Waals surface area (Å²) >= 11 is 0. The minimum absolute atomic E-state index is 0.140. The zero-order valence-electron chi connectivity index (χ0n) is 7.29. The number of hydrogen-bond donors (Lipinski definition) is 1. The molecule has 1 heterocycles. The summed E-state index contributed by atoms with van der Waals surface area (Å²) in [6.45, 7) is 3.21. The maximum Gasteiger partial charge on any atom is 0.221 e. The van der Waals surface area contributed by atoms with E-state index >= 15 is 0 Å². The molecule has 0 aliphatic carbocycles. The minimum atomic E-state index is -0.450. The standard InChI is InChI=1S/C7H11N3O2/c1-4-6(8-5(2)11)7(12-3)10-9-4/h7H,1-3H3,(H,8,11). The van der Waals surface area contributed by atoms with E-state index in [0.717, 1.165) is 0 Å². The number of amides is 1. The van der Waals surface area contributed by atoms with E-state index in [1.165, 1.54) is 14.0 Å². The van der Waals surface area contributed by atoms with E-state index in [-0.39, 0.29) is 5.91 Å². The number of azo groups is 1. The predicted octanol–water partition coefficient (Wildman–Crippen LogP) is 0.792. The first-order valence-electron chi connectivity index (χ1n) is 3.57. The lowest BCUT2D eigenvalue weighted by Gasteiger charge is -2.09. The molecule has 0 aromatic rings. The van der Waals surface area contributed by atoms with Gasteiger partial charge in [-0.1, -0.05) is 0 Å². The first-order valence-corrected chi connectivity index (χ1v) is 3.57. The topological polar surface area (TPSA) is 63.1 Å². The fraction of sp³-hybridized carbons (Fsp3) is 0.571. The summed E-state index contributed by atoms with van der Waals surface area (Å²) in [4.78, 5) is 10.7. The largest absolute Gasteiger partial charge is 0.353 e. The zero-order chi connectivity index (χ0) is 9.14. The van der Waals surface area contributed by atoms with Crippen LogP contribution in [-0.2, 0) is 9.53 Å². The maximum absolute atomic E-state index is 10.7. The monoisotopic (exact) mass is 169 g/mol. The molecule has 66 valence electrons. The van der Waals surface area contributed by atoms with Gasteiger partial charge in [0, 0.05) is 14.0 Å². The van der Waals surface area contributed by atoms with Gasteiger partial charge in [-0.05, 0) is 6.92 Å². The van der Waals surface area contributed by atoms with E-state index in [0.29, 0.717) is 11.4 Å². The average molecular weight is 169 g/mol. The molecule has 0 saturated carbocycles. The summed E-state index contributed by atoms with van der Waals surface area (Å²) in [5, 5.41) is 10.2. The molecule has 0 radical (unpaired) electrons. The van der Waals surface area contributed by atoms with Crippen LogP contribution in [0, 0.1) is 0 Å². The fourth-order valence-electron chi connectivity index (χ4n) is 0.936. The van der Waals surface area contributed by atoms with Gasteiger partial charge in [-0.3, -0.25) is 4.79 Å². The fourth-order valence-corrected chi connectivity index (χ4v) is 0.936. The molecule has 1 aliphatic rings. The molecule has 0 bridgehead atoms. The summed E-state index contributed by atoms with van der Waals surface area (Å²) in [7, 11) is 1.52. The van der Waals surface area contributed by atoms with Crippen LogP contribution in [0.3, 0.4) is 0 Å². The number of carbonyl (C=O) groups is 1. The molecular weight excluding hydrogens is 158 g/mol. The van der Waals surface area contributed by atoms with Crippen LogP contribution in [0.2, 0.25) is 0 Å². The van der Waals surface area contributed by atoms with Crippen molar-refractivity contribution in [2.24, 2.45) is 10.2 Å². The van der Waals surface area contributed by atoms with Crippen molar-refractivity contribution in [2.45, 2.75) is 20.1 Å². The van der Waals surface area contributed by atoms with Crippen LogP contribution in [0.15, 0.2) is 21.6 Å². The molecule has 0 aromatic carbocycles. The Hall–Kier alpha value is -1.23. The van der Waals surface area contributed by atoms with Crippen LogP contribution in [0.4, 0.5) is 0 Å². The lowest BCUT2D eigenvalue weighted by atomic mass is 10.3. The lowest BCUT2D eigenvalue weighted by Crippen LogP contribution is -2.27. The molecular formula is C7H11N3O2. The van der Waals surface area contributed by atoms with Crippen molar-refractivity contribution in [1.82, 2.24) is 5.32 Å². The van der Waals surface area contributed by atoms with Crippen molar-refractivity contribution in [2.75, 3.05) is 7.11 Å². The van der Waals surface area contributed by atoms with Gasteiger partial charge in [0.1, 0.15) is 0 Å². The van der Waals surface area contributed by atoms with Crippen molar-refractivity contribution in [1.29, 1.82) is 0 Å². The Morgan fingerprint density at radius 2 is 2.33 bits per heavy atom. The molecule has 1 rings (SSSR count). The zero-order valence-corrected chi connectivity index (χ0v) is 7.29. The Morgan fingerprint density at radius 1 is 1.67 bits per heavy atom. The van der Waals surface area contributed by atoms with Crippen molar-refractivity contribution < 1.29 is 9.53 Å². The van der Waals surface area contributed by atoms with Gasteiger partial charge in [-0.25, -0.2) is 0 Å². The Labute approximate surface area is 70.5 Å². The van der Waals surface area contributed by atoms with E-state index < -0.39 is 6.23 Å². The quantitative estimate of drug-likeness (QED) is 0.664. The highest BCUT2D eigenvalue weighted by molar-refractivity contribution is 5.75. The average Bonchev–Trinajstić information content (AvgIpc) is 2.32. The molecule has 0 fully saturated rings. The minimum Gasteiger partial charge on any atom is -0.353 e. The van der Waals surface area contributed by atoms with Gasteiger partial charge in [0.25, 0.3) is 0 Å². The Morgan fingerprint density at radius 3 is 2.83 bits per heavy atom. The number of methoxy groups -OCH3 is 1. The van der Waals surface area contributed by atoms with Gasteiger partial charge in [0.2, 0.25) is 12.1 Å². The number of rotatable bonds is 2. The van der Waals surface area contributed by atoms with E-state index in [1.54, 1.807) is 6.92 Å². The van der Waals surface area contributed by atoms with E-state index in [1.807, 2.05) is 0 Å². The van der Waals surface area contributed by atoms with Gasteiger partial charge in [0.15, 0.2) is 0 Å². The third kappa shape index (κ3) is 1.68. The van der Waals surface area contributed by atoms with E-state index in [2.05, 4.69) is 15.5 Å². The van der Waals surface area contributed by atoms with Crippen LogP contribution < -0.4 is 5.32 Å².